The summed E-state index contributed by atoms with van der Waals surface area (Å²) in [6.45, 7) is 7.80. The van der Waals surface area contributed by atoms with Gasteiger partial charge in [0.1, 0.15) is 11.6 Å². The standard InChI is InChI=1S/C24H24BrI2N3O4/c1-5-13(3)22-29-20-8-7-16(25)11-17(20)23(31)30(22)28-12-15-9-18(26)21(19(27)10-15)34-14(4)24(32)33-6-2/h7-14H,5-6H2,1-4H3/t13-,14+/m1/s1. The third-order valence-electron chi connectivity index (χ3n) is 5.14. The van der Waals surface area contributed by atoms with Gasteiger partial charge in [0.15, 0.2) is 6.10 Å². The lowest BCUT2D eigenvalue weighted by Gasteiger charge is -2.16. The molecule has 3 rings (SSSR count). The SMILES string of the molecule is CCOC(=O)[C@H](C)Oc1c(I)cc(C=Nn2c([C@H](C)CC)nc3ccc(Br)cc3c2=O)cc1I. The highest BCUT2D eigenvalue weighted by Crippen LogP contribution is 2.30. The predicted molar refractivity (Wildman–Crippen MR) is 154 cm³/mol. The van der Waals surface area contributed by atoms with Crippen LogP contribution >= 0.6 is 61.1 Å². The van der Waals surface area contributed by atoms with E-state index in [0.29, 0.717) is 29.1 Å². The van der Waals surface area contributed by atoms with Gasteiger partial charge in [0.05, 0.1) is 30.9 Å². The summed E-state index contributed by atoms with van der Waals surface area (Å²) in [5.74, 6) is 0.866. The van der Waals surface area contributed by atoms with Crippen LogP contribution in [0, 0.1) is 7.14 Å². The number of hydrogen-bond acceptors (Lipinski definition) is 6. The van der Waals surface area contributed by atoms with Crippen molar-refractivity contribution >= 4 is 84.2 Å². The summed E-state index contributed by atoms with van der Waals surface area (Å²) in [6, 6.07) is 9.25. The van der Waals surface area contributed by atoms with Crippen molar-refractivity contribution in [3.05, 3.63) is 63.7 Å². The Morgan fingerprint density at radius 3 is 2.50 bits per heavy atom. The average Bonchev–Trinajstić information content (AvgIpc) is 2.80. The molecule has 0 fully saturated rings. The van der Waals surface area contributed by atoms with Gasteiger partial charge in [-0.25, -0.2) is 9.78 Å². The third-order valence-corrected chi connectivity index (χ3v) is 7.24. The topological polar surface area (TPSA) is 82.8 Å². The maximum absolute atomic E-state index is 13.3. The summed E-state index contributed by atoms with van der Waals surface area (Å²) in [5.41, 5.74) is 1.23. The molecular weight excluding hydrogens is 728 g/mol. The van der Waals surface area contributed by atoms with Gasteiger partial charge in [-0.1, -0.05) is 29.8 Å². The highest BCUT2D eigenvalue weighted by atomic mass is 127. The van der Waals surface area contributed by atoms with E-state index in [9.17, 15) is 9.59 Å². The van der Waals surface area contributed by atoms with Crippen molar-refractivity contribution in [3.8, 4) is 5.75 Å². The Morgan fingerprint density at radius 1 is 1.21 bits per heavy atom. The first-order chi connectivity index (χ1) is 16.2. The Morgan fingerprint density at radius 2 is 1.88 bits per heavy atom. The number of ether oxygens (including phenoxy) is 2. The van der Waals surface area contributed by atoms with Gasteiger partial charge in [0.2, 0.25) is 0 Å². The Hall–Kier alpha value is -1.54. The molecule has 0 radical (unpaired) electrons. The van der Waals surface area contributed by atoms with E-state index in [-0.39, 0.29) is 11.5 Å². The molecule has 0 unspecified atom stereocenters. The lowest BCUT2D eigenvalue weighted by Crippen LogP contribution is -2.26. The molecule has 2 atom stereocenters. The Kier molecular flexibility index (Phi) is 9.49. The van der Waals surface area contributed by atoms with Crippen molar-refractivity contribution in [1.29, 1.82) is 0 Å². The quantitative estimate of drug-likeness (QED) is 0.158. The first-order valence-corrected chi connectivity index (χ1v) is 13.7. The number of rotatable bonds is 8. The Bertz CT molecular complexity index is 1290. The number of carbonyl (C=O) groups is 1. The van der Waals surface area contributed by atoms with Crippen molar-refractivity contribution in [2.45, 2.75) is 46.1 Å². The second-order valence-corrected chi connectivity index (χ2v) is 10.9. The first-order valence-electron chi connectivity index (χ1n) is 10.7. The summed E-state index contributed by atoms with van der Waals surface area (Å²) >= 11 is 7.75. The van der Waals surface area contributed by atoms with Crippen molar-refractivity contribution < 1.29 is 14.3 Å². The van der Waals surface area contributed by atoms with Crippen LogP contribution in [0.3, 0.4) is 0 Å². The molecule has 0 aliphatic heterocycles. The third kappa shape index (κ3) is 6.17. The van der Waals surface area contributed by atoms with Crippen LogP contribution in [0.4, 0.5) is 0 Å². The van der Waals surface area contributed by atoms with E-state index in [2.05, 4.69) is 73.1 Å². The van der Waals surface area contributed by atoms with E-state index >= 15 is 0 Å². The highest BCUT2D eigenvalue weighted by Gasteiger charge is 2.20. The number of benzene rings is 2. The molecule has 7 nitrogen and oxygen atoms in total. The van der Waals surface area contributed by atoms with Crippen LogP contribution < -0.4 is 10.3 Å². The Labute approximate surface area is 233 Å². The zero-order valence-corrected chi connectivity index (χ0v) is 25.0. The number of esters is 1. The summed E-state index contributed by atoms with van der Waals surface area (Å²) in [6.07, 6.45) is 1.74. The fraction of sp³-hybridized carbons (Fsp3) is 0.333. The van der Waals surface area contributed by atoms with Crippen LogP contribution in [0.5, 0.6) is 5.75 Å². The van der Waals surface area contributed by atoms with E-state index in [4.69, 9.17) is 14.5 Å². The molecule has 2 aromatic carbocycles. The van der Waals surface area contributed by atoms with Crippen LogP contribution in [0.15, 0.2) is 44.7 Å². The van der Waals surface area contributed by atoms with Crippen LogP contribution in [-0.2, 0) is 9.53 Å². The minimum atomic E-state index is -0.721. The average molecular weight is 752 g/mol. The number of fused-ring (bicyclic) bond motifs is 1. The van der Waals surface area contributed by atoms with Crippen molar-refractivity contribution in [2.24, 2.45) is 5.10 Å². The molecule has 1 aromatic heterocycles. The lowest BCUT2D eigenvalue weighted by molar-refractivity contribution is -0.150. The maximum atomic E-state index is 13.3. The van der Waals surface area contributed by atoms with E-state index < -0.39 is 12.1 Å². The molecule has 0 amide bonds. The summed E-state index contributed by atoms with van der Waals surface area (Å²) in [4.78, 5) is 30.0. The van der Waals surface area contributed by atoms with Crippen LogP contribution in [0.1, 0.15) is 51.4 Å². The number of carbonyl (C=O) groups excluding carboxylic acids is 1. The van der Waals surface area contributed by atoms with E-state index in [1.54, 1.807) is 26.1 Å². The van der Waals surface area contributed by atoms with Gasteiger partial charge in [-0.15, -0.1) is 0 Å². The molecule has 34 heavy (non-hydrogen) atoms. The maximum Gasteiger partial charge on any atom is 0.347 e. The largest absolute Gasteiger partial charge is 0.477 e. The van der Waals surface area contributed by atoms with E-state index in [0.717, 1.165) is 23.6 Å². The van der Waals surface area contributed by atoms with Gasteiger partial charge in [-0.2, -0.15) is 9.78 Å². The zero-order valence-electron chi connectivity index (χ0n) is 19.1. The van der Waals surface area contributed by atoms with Gasteiger partial charge in [0, 0.05) is 10.4 Å². The fourth-order valence-electron chi connectivity index (χ4n) is 3.15. The molecule has 0 saturated carbocycles. The molecule has 0 N–H and O–H groups in total. The molecule has 3 aromatic rings. The van der Waals surface area contributed by atoms with E-state index in [1.165, 1.54) is 4.68 Å². The minimum Gasteiger partial charge on any atom is -0.477 e. The van der Waals surface area contributed by atoms with Crippen molar-refractivity contribution in [3.63, 3.8) is 0 Å². The monoisotopic (exact) mass is 751 g/mol. The smallest absolute Gasteiger partial charge is 0.347 e. The molecule has 0 bridgehead atoms. The molecule has 180 valence electrons. The Balaban J connectivity index is 2.00. The normalized spacial score (nSPS) is 13.3. The van der Waals surface area contributed by atoms with Gasteiger partial charge < -0.3 is 9.47 Å². The summed E-state index contributed by atoms with van der Waals surface area (Å²) in [5, 5.41) is 5.03. The van der Waals surface area contributed by atoms with Crippen LogP contribution in [0.25, 0.3) is 10.9 Å². The molecule has 0 saturated heterocycles. The number of nitrogens with zero attached hydrogens (tertiary/aromatic N) is 3. The molecule has 0 spiro atoms. The van der Waals surface area contributed by atoms with E-state index in [1.807, 2.05) is 31.2 Å². The van der Waals surface area contributed by atoms with Gasteiger partial charge in [-0.05, 0) is 101 Å². The molecule has 1 heterocycles. The number of halogens is 3. The molecule has 10 heteroatoms. The molecule has 0 aliphatic carbocycles. The predicted octanol–water partition coefficient (Wildman–Crippen LogP) is 6.09. The second kappa shape index (κ2) is 11.9. The summed E-state index contributed by atoms with van der Waals surface area (Å²) < 4.78 is 14.7. The van der Waals surface area contributed by atoms with Gasteiger partial charge in [-0.3, -0.25) is 4.79 Å². The van der Waals surface area contributed by atoms with Gasteiger partial charge in [0.25, 0.3) is 5.56 Å². The van der Waals surface area contributed by atoms with Crippen LogP contribution in [-0.4, -0.2) is 34.6 Å². The van der Waals surface area contributed by atoms with Crippen LogP contribution in [0.2, 0.25) is 0 Å². The molecule has 0 aliphatic rings. The van der Waals surface area contributed by atoms with Crippen molar-refractivity contribution in [2.75, 3.05) is 6.61 Å². The summed E-state index contributed by atoms with van der Waals surface area (Å²) in [7, 11) is 0. The first kappa shape index (κ1) is 27.1. The zero-order chi connectivity index (χ0) is 25.0. The molecular formula is C24H24BrI2N3O4. The number of hydrogen-bond donors (Lipinski definition) is 0. The van der Waals surface area contributed by atoms with Gasteiger partial charge >= 0.3 is 5.97 Å². The fourth-order valence-corrected chi connectivity index (χ4v) is 5.59. The minimum absolute atomic E-state index is 0.0540. The second-order valence-electron chi connectivity index (χ2n) is 7.63. The van der Waals surface area contributed by atoms with Crippen molar-refractivity contribution in [1.82, 2.24) is 9.66 Å². The lowest BCUT2D eigenvalue weighted by atomic mass is 10.1. The number of aromatic nitrogens is 2. The highest BCUT2D eigenvalue weighted by molar-refractivity contribution is 14.1.